The van der Waals surface area contributed by atoms with Crippen molar-refractivity contribution in [2.24, 2.45) is 0 Å². The molecule has 0 bridgehead atoms. The Morgan fingerprint density at radius 3 is 2.78 bits per heavy atom. The smallest absolute Gasteiger partial charge is 0.330 e. The van der Waals surface area contributed by atoms with Crippen LogP contribution in [0.1, 0.15) is 12.0 Å². The summed E-state index contributed by atoms with van der Waals surface area (Å²) in [6.45, 7) is 0.954. The van der Waals surface area contributed by atoms with Crippen molar-refractivity contribution in [2.75, 3.05) is 13.7 Å². The summed E-state index contributed by atoms with van der Waals surface area (Å²) in [6.07, 6.45) is 2.36. The largest absolute Gasteiger partial charge is 0.466 e. The normalized spacial score (nSPS) is 12.6. The number of rotatable bonds is 7. The minimum Gasteiger partial charge on any atom is -0.466 e. The summed E-state index contributed by atoms with van der Waals surface area (Å²) in [5.74, 6) is -0.473. The highest BCUT2D eigenvalue weighted by atomic mass is 16.5. The van der Waals surface area contributed by atoms with E-state index in [-0.39, 0.29) is 0 Å². The Morgan fingerprint density at radius 2 is 2.11 bits per heavy atom. The van der Waals surface area contributed by atoms with E-state index in [0.717, 1.165) is 5.56 Å². The Labute approximate surface area is 107 Å². The van der Waals surface area contributed by atoms with Gasteiger partial charge in [0.25, 0.3) is 0 Å². The fourth-order valence-corrected chi connectivity index (χ4v) is 1.32. The van der Waals surface area contributed by atoms with Crippen molar-refractivity contribution in [3.05, 3.63) is 48.0 Å². The van der Waals surface area contributed by atoms with Crippen LogP contribution in [0, 0.1) is 0 Å². The second-order valence-electron chi connectivity index (χ2n) is 3.78. The molecule has 0 aliphatic rings. The molecule has 18 heavy (non-hydrogen) atoms. The SMILES string of the molecule is COC(=O)/C=C/C(O)CCOCc1ccccc1. The summed E-state index contributed by atoms with van der Waals surface area (Å²) in [5.41, 5.74) is 1.09. The van der Waals surface area contributed by atoms with Crippen LogP contribution in [0.15, 0.2) is 42.5 Å². The minimum atomic E-state index is -0.695. The molecule has 0 aliphatic carbocycles. The van der Waals surface area contributed by atoms with Crippen LogP contribution in [0.3, 0.4) is 0 Å². The molecule has 0 spiro atoms. The van der Waals surface area contributed by atoms with Gasteiger partial charge in [-0.2, -0.15) is 0 Å². The summed E-state index contributed by atoms with van der Waals surface area (Å²) in [7, 11) is 1.29. The van der Waals surface area contributed by atoms with E-state index in [4.69, 9.17) is 4.74 Å². The highest BCUT2D eigenvalue weighted by molar-refractivity contribution is 5.81. The molecule has 0 aromatic heterocycles. The molecule has 1 N–H and O–H groups in total. The zero-order chi connectivity index (χ0) is 13.2. The first-order valence-corrected chi connectivity index (χ1v) is 5.78. The van der Waals surface area contributed by atoms with Gasteiger partial charge in [-0.1, -0.05) is 30.3 Å². The highest BCUT2D eigenvalue weighted by Gasteiger charge is 2.01. The molecule has 0 heterocycles. The van der Waals surface area contributed by atoms with Crippen LogP contribution < -0.4 is 0 Å². The van der Waals surface area contributed by atoms with Crippen LogP contribution in [0.25, 0.3) is 0 Å². The van der Waals surface area contributed by atoms with Gasteiger partial charge in [0, 0.05) is 19.1 Å². The average Bonchev–Trinajstić information content (AvgIpc) is 2.42. The van der Waals surface area contributed by atoms with Crippen molar-refractivity contribution in [3.63, 3.8) is 0 Å². The number of hydrogen-bond donors (Lipinski definition) is 1. The van der Waals surface area contributed by atoms with Crippen molar-refractivity contribution >= 4 is 5.97 Å². The molecule has 1 aromatic carbocycles. The maximum Gasteiger partial charge on any atom is 0.330 e. The van der Waals surface area contributed by atoms with E-state index in [1.54, 1.807) is 0 Å². The van der Waals surface area contributed by atoms with Gasteiger partial charge in [0.05, 0.1) is 19.8 Å². The molecular formula is C14H18O4. The lowest BCUT2D eigenvalue weighted by molar-refractivity contribution is -0.134. The molecule has 4 heteroatoms. The number of benzene rings is 1. The molecule has 1 aromatic rings. The van der Waals surface area contributed by atoms with E-state index in [1.165, 1.54) is 19.3 Å². The van der Waals surface area contributed by atoms with Gasteiger partial charge < -0.3 is 14.6 Å². The fraction of sp³-hybridized carbons (Fsp3) is 0.357. The van der Waals surface area contributed by atoms with Gasteiger partial charge in [-0.05, 0) is 11.6 Å². The highest BCUT2D eigenvalue weighted by Crippen LogP contribution is 2.02. The predicted molar refractivity (Wildman–Crippen MR) is 67.9 cm³/mol. The van der Waals surface area contributed by atoms with Crippen LogP contribution in [0.4, 0.5) is 0 Å². The molecule has 0 aliphatic heterocycles. The van der Waals surface area contributed by atoms with Gasteiger partial charge in [-0.3, -0.25) is 0 Å². The molecule has 1 rings (SSSR count). The number of carbonyl (C=O) groups excluding carboxylic acids is 1. The number of aliphatic hydroxyl groups excluding tert-OH is 1. The molecule has 0 fully saturated rings. The number of carbonyl (C=O) groups is 1. The lowest BCUT2D eigenvalue weighted by Crippen LogP contribution is -2.08. The van der Waals surface area contributed by atoms with Gasteiger partial charge in [0.15, 0.2) is 0 Å². The first-order chi connectivity index (χ1) is 8.72. The second kappa shape index (κ2) is 8.44. The zero-order valence-corrected chi connectivity index (χ0v) is 10.4. The number of aliphatic hydroxyl groups is 1. The van der Waals surface area contributed by atoms with E-state index in [9.17, 15) is 9.90 Å². The van der Waals surface area contributed by atoms with Gasteiger partial charge in [0.2, 0.25) is 0 Å². The van der Waals surface area contributed by atoms with Gasteiger partial charge in [-0.25, -0.2) is 4.79 Å². The number of esters is 1. The van der Waals surface area contributed by atoms with E-state index >= 15 is 0 Å². The van der Waals surface area contributed by atoms with Crippen molar-refractivity contribution in [3.8, 4) is 0 Å². The summed E-state index contributed by atoms with van der Waals surface area (Å²) in [6, 6.07) is 9.81. The van der Waals surface area contributed by atoms with Crippen molar-refractivity contribution in [1.29, 1.82) is 0 Å². The third kappa shape index (κ3) is 6.18. The first-order valence-electron chi connectivity index (χ1n) is 5.78. The standard InChI is InChI=1S/C14H18O4/c1-17-14(16)8-7-13(15)9-10-18-11-12-5-3-2-4-6-12/h2-8,13,15H,9-11H2,1H3/b8-7+. The monoisotopic (exact) mass is 250 g/mol. The molecule has 1 unspecified atom stereocenters. The molecule has 0 amide bonds. The zero-order valence-electron chi connectivity index (χ0n) is 10.4. The maximum atomic E-state index is 10.8. The lowest BCUT2D eigenvalue weighted by atomic mass is 10.2. The van der Waals surface area contributed by atoms with Crippen molar-refractivity contribution in [1.82, 2.24) is 0 Å². The van der Waals surface area contributed by atoms with Crippen LogP contribution in [-0.4, -0.2) is 30.9 Å². The van der Waals surface area contributed by atoms with E-state index in [1.807, 2.05) is 30.3 Å². The van der Waals surface area contributed by atoms with E-state index < -0.39 is 12.1 Å². The number of ether oxygens (including phenoxy) is 2. The Bertz CT molecular complexity index is 373. The lowest BCUT2D eigenvalue weighted by Gasteiger charge is -2.06. The van der Waals surface area contributed by atoms with Gasteiger partial charge >= 0.3 is 5.97 Å². The summed E-state index contributed by atoms with van der Waals surface area (Å²) in [4.78, 5) is 10.8. The van der Waals surface area contributed by atoms with E-state index in [2.05, 4.69) is 4.74 Å². The maximum absolute atomic E-state index is 10.8. The Balaban J connectivity index is 2.14. The van der Waals surface area contributed by atoms with Gasteiger partial charge in [0.1, 0.15) is 0 Å². The second-order valence-corrected chi connectivity index (χ2v) is 3.78. The molecule has 0 saturated carbocycles. The third-order valence-corrected chi connectivity index (χ3v) is 2.33. The Hall–Kier alpha value is -1.65. The quantitative estimate of drug-likeness (QED) is 0.454. The van der Waals surface area contributed by atoms with Crippen molar-refractivity contribution < 1.29 is 19.4 Å². The topological polar surface area (TPSA) is 55.8 Å². The summed E-state index contributed by atoms with van der Waals surface area (Å²) in [5, 5.41) is 9.52. The molecular weight excluding hydrogens is 232 g/mol. The van der Waals surface area contributed by atoms with Crippen LogP contribution >= 0.6 is 0 Å². The Kier molecular flexibility index (Phi) is 6.76. The Morgan fingerprint density at radius 1 is 1.39 bits per heavy atom. The van der Waals surface area contributed by atoms with Gasteiger partial charge in [-0.15, -0.1) is 0 Å². The van der Waals surface area contributed by atoms with Crippen LogP contribution in [0.2, 0.25) is 0 Å². The predicted octanol–water partition coefficient (Wildman–Crippen LogP) is 1.68. The van der Waals surface area contributed by atoms with Crippen LogP contribution in [-0.2, 0) is 20.9 Å². The number of methoxy groups -OCH3 is 1. The molecule has 0 radical (unpaired) electrons. The molecule has 1 atom stereocenters. The summed E-state index contributed by atoms with van der Waals surface area (Å²) < 4.78 is 9.83. The molecule has 98 valence electrons. The summed E-state index contributed by atoms with van der Waals surface area (Å²) >= 11 is 0. The molecule has 0 saturated heterocycles. The van der Waals surface area contributed by atoms with Crippen LogP contribution in [0.5, 0.6) is 0 Å². The fourth-order valence-electron chi connectivity index (χ4n) is 1.32. The molecule has 4 nitrogen and oxygen atoms in total. The number of hydrogen-bond acceptors (Lipinski definition) is 4. The first kappa shape index (κ1) is 14.4. The van der Waals surface area contributed by atoms with E-state index in [0.29, 0.717) is 19.6 Å². The average molecular weight is 250 g/mol. The van der Waals surface area contributed by atoms with Crippen molar-refractivity contribution in [2.45, 2.75) is 19.1 Å². The third-order valence-electron chi connectivity index (χ3n) is 2.33. The minimum absolute atomic E-state index is 0.432.